The van der Waals surface area contributed by atoms with E-state index in [1.54, 1.807) is 6.07 Å². The van der Waals surface area contributed by atoms with Crippen LogP contribution in [-0.4, -0.2) is 13.2 Å². The van der Waals surface area contributed by atoms with Gasteiger partial charge in [0.2, 0.25) is 0 Å². The molecule has 2 aromatic rings. The molecule has 0 aliphatic carbocycles. The van der Waals surface area contributed by atoms with E-state index in [1.165, 1.54) is 6.07 Å². The highest BCUT2D eigenvalue weighted by Gasteiger charge is 2.30. The highest BCUT2D eigenvalue weighted by atomic mass is 35.5. The molecule has 2 nitrogen and oxygen atoms in total. The van der Waals surface area contributed by atoms with Crippen molar-refractivity contribution in [3.05, 3.63) is 58.1 Å². The zero-order valence-electron chi connectivity index (χ0n) is 12.8. The molecule has 0 saturated heterocycles. The van der Waals surface area contributed by atoms with E-state index in [0.717, 1.165) is 23.3 Å². The largest absolute Gasteiger partial charge is 0.492 e. The summed E-state index contributed by atoms with van der Waals surface area (Å²) in [6.07, 6.45) is -4.34. The maximum absolute atomic E-state index is 12.6. The highest BCUT2D eigenvalue weighted by molar-refractivity contribution is 6.32. The summed E-state index contributed by atoms with van der Waals surface area (Å²) in [5.74, 6) is 0.690. The van der Waals surface area contributed by atoms with Crippen LogP contribution in [-0.2, 0) is 6.18 Å². The normalized spacial score (nSPS) is 11.4. The first kappa shape index (κ1) is 17.5. The number of benzene rings is 2. The van der Waals surface area contributed by atoms with Crippen molar-refractivity contribution < 1.29 is 17.9 Å². The van der Waals surface area contributed by atoms with E-state index in [1.807, 2.05) is 26.0 Å². The maximum atomic E-state index is 12.6. The van der Waals surface area contributed by atoms with E-state index in [4.69, 9.17) is 16.3 Å². The van der Waals surface area contributed by atoms with E-state index < -0.39 is 11.7 Å². The molecule has 0 saturated carbocycles. The first-order chi connectivity index (χ1) is 10.8. The lowest BCUT2D eigenvalue weighted by Crippen LogP contribution is -2.12. The summed E-state index contributed by atoms with van der Waals surface area (Å²) in [6, 6.07) is 8.75. The first-order valence-electron chi connectivity index (χ1n) is 7.08. The summed E-state index contributed by atoms with van der Waals surface area (Å²) >= 11 is 6.08. The quantitative estimate of drug-likeness (QED) is 0.727. The van der Waals surface area contributed by atoms with Gasteiger partial charge in [-0.15, -0.1) is 0 Å². The van der Waals surface area contributed by atoms with Crippen molar-refractivity contribution in [3.8, 4) is 5.75 Å². The number of hydrogen-bond acceptors (Lipinski definition) is 2. The third-order valence-corrected chi connectivity index (χ3v) is 3.90. The van der Waals surface area contributed by atoms with Crippen molar-refractivity contribution in [2.75, 3.05) is 18.5 Å². The number of ether oxygens (including phenoxy) is 1. The van der Waals surface area contributed by atoms with Gasteiger partial charge in [-0.3, -0.25) is 0 Å². The molecule has 0 aromatic heterocycles. The van der Waals surface area contributed by atoms with Crippen LogP contribution in [0.3, 0.4) is 0 Å². The Hall–Kier alpha value is -1.88. The zero-order chi connectivity index (χ0) is 17.0. The second kappa shape index (κ2) is 7.13. The Morgan fingerprint density at radius 1 is 1.09 bits per heavy atom. The standard InChI is InChI=1S/C17H17ClF3NO/c1-11-8-15(9-12(2)16(11)18)23-7-6-22-14-5-3-4-13(10-14)17(19,20)21/h3-5,8-10,22H,6-7H2,1-2H3. The van der Waals surface area contributed by atoms with Crippen molar-refractivity contribution >= 4 is 17.3 Å². The van der Waals surface area contributed by atoms with Gasteiger partial charge in [0, 0.05) is 17.3 Å². The van der Waals surface area contributed by atoms with Crippen LogP contribution in [0.2, 0.25) is 5.02 Å². The second-order valence-electron chi connectivity index (χ2n) is 5.22. The first-order valence-corrected chi connectivity index (χ1v) is 7.46. The number of alkyl halides is 3. The van der Waals surface area contributed by atoms with Crippen LogP contribution in [0.4, 0.5) is 18.9 Å². The molecule has 0 aliphatic rings. The second-order valence-corrected chi connectivity index (χ2v) is 5.60. The third-order valence-electron chi connectivity index (χ3n) is 3.30. The molecule has 2 rings (SSSR count). The Balaban J connectivity index is 1.89. The molecule has 23 heavy (non-hydrogen) atoms. The Bertz CT molecular complexity index is 663. The van der Waals surface area contributed by atoms with E-state index in [0.29, 0.717) is 29.6 Å². The third kappa shape index (κ3) is 4.79. The zero-order valence-corrected chi connectivity index (χ0v) is 13.6. The molecule has 0 aliphatic heterocycles. The predicted octanol–water partition coefficient (Wildman–Crippen LogP) is 5.47. The number of hydrogen-bond donors (Lipinski definition) is 1. The van der Waals surface area contributed by atoms with Crippen LogP contribution in [0.15, 0.2) is 36.4 Å². The van der Waals surface area contributed by atoms with E-state index in [2.05, 4.69) is 5.32 Å². The molecular formula is C17H17ClF3NO. The van der Waals surface area contributed by atoms with Crippen LogP contribution in [0.25, 0.3) is 0 Å². The summed E-state index contributed by atoms with van der Waals surface area (Å²) in [4.78, 5) is 0. The Morgan fingerprint density at radius 3 is 2.35 bits per heavy atom. The average Bonchev–Trinajstić information content (AvgIpc) is 2.48. The summed E-state index contributed by atoms with van der Waals surface area (Å²) in [5.41, 5.74) is 1.58. The van der Waals surface area contributed by atoms with Gasteiger partial charge >= 0.3 is 6.18 Å². The fourth-order valence-electron chi connectivity index (χ4n) is 2.16. The van der Waals surface area contributed by atoms with Crippen LogP contribution in [0, 0.1) is 13.8 Å². The molecule has 124 valence electrons. The summed E-state index contributed by atoms with van der Waals surface area (Å²) < 4.78 is 43.5. The van der Waals surface area contributed by atoms with Crippen LogP contribution >= 0.6 is 11.6 Å². The molecule has 0 amide bonds. The van der Waals surface area contributed by atoms with Crippen molar-refractivity contribution in [2.24, 2.45) is 0 Å². The number of nitrogens with one attached hydrogen (secondary N) is 1. The molecule has 1 N–H and O–H groups in total. The predicted molar refractivity (Wildman–Crippen MR) is 86.4 cm³/mol. The molecule has 0 heterocycles. The van der Waals surface area contributed by atoms with Gasteiger partial charge in [-0.05, 0) is 55.3 Å². The Labute approximate surface area is 138 Å². The molecule has 2 aromatic carbocycles. The SMILES string of the molecule is Cc1cc(OCCNc2cccc(C(F)(F)F)c2)cc(C)c1Cl. The summed E-state index contributed by atoms with van der Waals surface area (Å²) in [5, 5.41) is 3.62. The minimum Gasteiger partial charge on any atom is -0.492 e. The molecule has 0 unspecified atom stereocenters. The van der Waals surface area contributed by atoms with Crippen LogP contribution in [0.1, 0.15) is 16.7 Å². The average molecular weight is 344 g/mol. The molecule has 6 heteroatoms. The Morgan fingerprint density at radius 2 is 1.74 bits per heavy atom. The van der Waals surface area contributed by atoms with Crippen molar-refractivity contribution in [1.82, 2.24) is 0 Å². The molecule has 0 radical (unpaired) electrons. The molecule has 0 spiro atoms. The van der Waals surface area contributed by atoms with Gasteiger partial charge in [0.05, 0.1) is 5.56 Å². The van der Waals surface area contributed by atoms with E-state index in [9.17, 15) is 13.2 Å². The number of aryl methyl sites for hydroxylation is 2. The fraction of sp³-hybridized carbons (Fsp3) is 0.294. The maximum Gasteiger partial charge on any atom is 0.416 e. The lowest BCUT2D eigenvalue weighted by atomic mass is 10.1. The monoisotopic (exact) mass is 343 g/mol. The van der Waals surface area contributed by atoms with Crippen LogP contribution in [0.5, 0.6) is 5.75 Å². The minimum atomic E-state index is -4.34. The van der Waals surface area contributed by atoms with E-state index >= 15 is 0 Å². The molecule has 0 atom stereocenters. The molecular weight excluding hydrogens is 327 g/mol. The van der Waals surface area contributed by atoms with Crippen molar-refractivity contribution in [3.63, 3.8) is 0 Å². The van der Waals surface area contributed by atoms with Gasteiger partial charge in [0.25, 0.3) is 0 Å². The number of anilines is 1. The van der Waals surface area contributed by atoms with Crippen molar-refractivity contribution in [2.45, 2.75) is 20.0 Å². The lowest BCUT2D eigenvalue weighted by molar-refractivity contribution is -0.137. The minimum absolute atomic E-state index is 0.330. The van der Waals surface area contributed by atoms with Gasteiger partial charge in [0.15, 0.2) is 0 Å². The van der Waals surface area contributed by atoms with Crippen LogP contribution < -0.4 is 10.1 Å². The number of rotatable bonds is 5. The fourth-order valence-corrected chi connectivity index (χ4v) is 2.27. The number of halogens is 4. The lowest BCUT2D eigenvalue weighted by Gasteiger charge is -2.12. The van der Waals surface area contributed by atoms with E-state index in [-0.39, 0.29) is 0 Å². The summed E-state index contributed by atoms with van der Waals surface area (Å²) in [6.45, 7) is 4.50. The van der Waals surface area contributed by atoms with Crippen molar-refractivity contribution in [1.29, 1.82) is 0 Å². The van der Waals surface area contributed by atoms with Gasteiger partial charge in [-0.25, -0.2) is 0 Å². The molecule has 0 fully saturated rings. The molecule has 0 bridgehead atoms. The highest BCUT2D eigenvalue weighted by Crippen LogP contribution is 2.30. The van der Waals surface area contributed by atoms with Gasteiger partial charge in [0.1, 0.15) is 12.4 Å². The van der Waals surface area contributed by atoms with Gasteiger partial charge in [-0.2, -0.15) is 13.2 Å². The summed E-state index contributed by atoms with van der Waals surface area (Å²) in [7, 11) is 0. The topological polar surface area (TPSA) is 21.3 Å². The Kier molecular flexibility index (Phi) is 5.42. The van der Waals surface area contributed by atoms with Gasteiger partial charge < -0.3 is 10.1 Å². The smallest absolute Gasteiger partial charge is 0.416 e. The van der Waals surface area contributed by atoms with Gasteiger partial charge in [-0.1, -0.05) is 17.7 Å².